The van der Waals surface area contributed by atoms with Gasteiger partial charge in [-0.3, -0.25) is 0 Å². The van der Waals surface area contributed by atoms with Crippen LogP contribution in [0.15, 0.2) is 11.4 Å². The molecule has 1 aromatic heterocycles. The van der Waals surface area contributed by atoms with E-state index in [0.717, 1.165) is 5.06 Å². The minimum atomic E-state index is 0.847. The first kappa shape index (κ1) is 4.65. The van der Waals surface area contributed by atoms with Gasteiger partial charge in [0.15, 0.2) is 5.06 Å². The van der Waals surface area contributed by atoms with Crippen molar-refractivity contribution in [3.8, 4) is 5.06 Å². The van der Waals surface area contributed by atoms with E-state index in [-0.39, 0.29) is 0 Å². The van der Waals surface area contributed by atoms with Crippen LogP contribution >= 0.6 is 11.3 Å². The molecule has 0 spiro atoms. The van der Waals surface area contributed by atoms with Crippen molar-refractivity contribution < 1.29 is 4.74 Å². The van der Waals surface area contributed by atoms with Crippen molar-refractivity contribution in [2.24, 2.45) is 0 Å². The highest BCUT2D eigenvalue weighted by Gasteiger charge is 1.84. The second-order valence-corrected chi connectivity index (χ2v) is 1.94. The van der Waals surface area contributed by atoms with Crippen molar-refractivity contribution in [3.05, 3.63) is 17.5 Å². The van der Waals surface area contributed by atoms with Crippen molar-refractivity contribution in [2.75, 3.05) is 7.11 Å². The first-order chi connectivity index (χ1) is 3.43. The number of hydrogen-bond acceptors (Lipinski definition) is 2. The predicted octanol–water partition coefficient (Wildman–Crippen LogP) is 1.56. The summed E-state index contributed by atoms with van der Waals surface area (Å²) in [6.07, 6.45) is 0. The van der Waals surface area contributed by atoms with E-state index in [4.69, 9.17) is 4.74 Å². The Balaban J connectivity index is 2.76. The number of hydrogen-bond donors (Lipinski definition) is 0. The molecule has 0 fully saturated rings. The van der Waals surface area contributed by atoms with Crippen LogP contribution in [0.3, 0.4) is 0 Å². The zero-order chi connectivity index (χ0) is 5.11. The fourth-order valence-electron chi connectivity index (χ4n) is 0.339. The van der Waals surface area contributed by atoms with E-state index in [1.807, 2.05) is 11.4 Å². The average molecular weight is 113 g/mol. The molecule has 37 valence electrons. The highest BCUT2D eigenvalue weighted by Crippen LogP contribution is 2.15. The van der Waals surface area contributed by atoms with Gasteiger partial charge in [-0.2, -0.15) is 0 Å². The maximum atomic E-state index is 4.82. The molecule has 0 saturated heterocycles. The Hall–Kier alpha value is -0.500. The molecule has 0 amide bonds. The van der Waals surface area contributed by atoms with Crippen molar-refractivity contribution in [2.45, 2.75) is 0 Å². The largest absolute Gasteiger partial charge is 0.487 e. The fraction of sp³-hybridized carbons (Fsp3) is 0.200. The molecule has 0 unspecified atom stereocenters. The van der Waals surface area contributed by atoms with Crippen molar-refractivity contribution in [3.63, 3.8) is 0 Å². The Morgan fingerprint density at radius 2 is 2.71 bits per heavy atom. The van der Waals surface area contributed by atoms with Crippen molar-refractivity contribution >= 4 is 11.3 Å². The van der Waals surface area contributed by atoms with Gasteiger partial charge in [0, 0.05) is 6.07 Å². The highest BCUT2D eigenvalue weighted by atomic mass is 32.1. The van der Waals surface area contributed by atoms with Gasteiger partial charge in [0.1, 0.15) is 0 Å². The molecule has 0 aliphatic rings. The van der Waals surface area contributed by atoms with Gasteiger partial charge in [-0.1, -0.05) is 0 Å². The quantitative estimate of drug-likeness (QED) is 0.537. The molecule has 1 heterocycles. The third-order valence-electron chi connectivity index (χ3n) is 0.630. The van der Waals surface area contributed by atoms with E-state index < -0.39 is 0 Å². The SMILES string of the molecule is COc1[c]ccs1. The Morgan fingerprint density at radius 1 is 1.86 bits per heavy atom. The van der Waals surface area contributed by atoms with Gasteiger partial charge < -0.3 is 4.74 Å². The number of methoxy groups -OCH3 is 1. The maximum absolute atomic E-state index is 4.82. The van der Waals surface area contributed by atoms with Crippen LogP contribution in [0.25, 0.3) is 0 Å². The molecule has 7 heavy (non-hydrogen) atoms. The molecule has 0 aliphatic heterocycles. The van der Waals surface area contributed by atoms with Crippen LogP contribution in [-0.2, 0) is 0 Å². The molecule has 1 nitrogen and oxygen atoms in total. The van der Waals surface area contributed by atoms with Crippen molar-refractivity contribution in [1.82, 2.24) is 0 Å². The summed E-state index contributed by atoms with van der Waals surface area (Å²) in [5.41, 5.74) is 0. The number of ether oxygens (including phenoxy) is 1. The Kier molecular flexibility index (Phi) is 1.32. The van der Waals surface area contributed by atoms with Gasteiger partial charge in [-0.05, 0) is 11.4 Å². The van der Waals surface area contributed by atoms with Crippen LogP contribution in [0.4, 0.5) is 0 Å². The van der Waals surface area contributed by atoms with E-state index in [1.54, 1.807) is 18.4 Å². The molecule has 1 aromatic rings. The summed E-state index contributed by atoms with van der Waals surface area (Å²) < 4.78 is 4.82. The summed E-state index contributed by atoms with van der Waals surface area (Å²) in [7, 11) is 1.64. The van der Waals surface area contributed by atoms with Crippen LogP contribution in [-0.4, -0.2) is 7.11 Å². The van der Waals surface area contributed by atoms with E-state index in [2.05, 4.69) is 6.07 Å². The van der Waals surface area contributed by atoms with E-state index >= 15 is 0 Å². The molecule has 0 saturated carbocycles. The van der Waals surface area contributed by atoms with Gasteiger partial charge in [-0.25, -0.2) is 0 Å². The molecule has 0 aliphatic carbocycles. The van der Waals surface area contributed by atoms with Gasteiger partial charge in [0.25, 0.3) is 0 Å². The lowest BCUT2D eigenvalue weighted by Crippen LogP contribution is -1.73. The van der Waals surface area contributed by atoms with Crippen LogP contribution < -0.4 is 4.74 Å². The number of thiophene rings is 1. The molecule has 1 rings (SSSR count). The van der Waals surface area contributed by atoms with E-state index in [1.165, 1.54) is 0 Å². The molecule has 1 radical (unpaired) electrons. The summed E-state index contributed by atoms with van der Waals surface area (Å²) >= 11 is 1.55. The van der Waals surface area contributed by atoms with Crippen LogP contribution in [0.2, 0.25) is 0 Å². The third-order valence-corrected chi connectivity index (χ3v) is 1.40. The summed E-state index contributed by atoms with van der Waals surface area (Å²) in [6.45, 7) is 0. The minimum Gasteiger partial charge on any atom is -0.487 e. The minimum absolute atomic E-state index is 0.847. The summed E-state index contributed by atoms with van der Waals surface area (Å²) in [5.74, 6) is 0. The van der Waals surface area contributed by atoms with Gasteiger partial charge in [0.05, 0.1) is 7.11 Å². The second kappa shape index (κ2) is 1.98. The lowest BCUT2D eigenvalue weighted by atomic mass is 10.7. The van der Waals surface area contributed by atoms with Crippen LogP contribution in [0.5, 0.6) is 5.06 Å². The molecule has 2 heteroatoms. The molecule has 0 atom stereocenters. The van der Waals surface area contributed by atoms with Gasteiger partial charge in [-0.15, -0.1) is 11.3 Å². The topological polar surface area (TPSA) is 9.23 Å². The first-order valence-corrected chi connectivity index (χ1v) is 2.80. The fourth-order valence-corrected chi connectivity index (χ4v) is 0.831. The second-order valence-electron chi connectivity index (χ2n) is 1.06. The molecule has 0 N–H and O–H groups in total. The monoisotopic (exact) mass is 113 g/mol. The maximum Gasteiger partial charge on any atom is 0.181 e. The third kappa shape index (κ3) is 0.933. The normalized spacial score (nSPS) is 8.71. The van der Waals surface area contributed by atoms with Crippen LogP contribution in [0, 0.1) is 6.07 Å². The molecule has 0 bridgehead atoms. The lowest BCUT2D eigenvalue weighted by molar-refractivity contribution is 0.426. The zero-order valence-electron chi connectivity index (χ0n) is 3.97. The standard InChI is InChI=1S/C5H5OS/c1-6-5-3-2-4-7-5/h2,4H,1H3. The average Bonchev–Trinajstić information content (AvgIpc) is 2.14. The highest BCUT2D eigenvalue weighted by molar-refractivity contribution is 7.11. The Labute approximate surface area is 46.6 Å². The van der Waals surface area contributed by atoms with E-state index in [0.29, 0.717) is 0 Å². The van der Waals surface area contributed by atoms with Gasteiger partial charge >= 0.3 is 0 Å². The lowest BCUT2D eigenvalue weighted by Gasteiger charge is -1.85. The Bertz CT molecular complexity index is 123. The predicted molar refractivity (Wildman–Crippen MR) is 29.7 cm³/mol. The van der Waals surface area contributed by atoms with E-state index in [9.17, 15) is 0 Å². The Morgan fingerprint density at radius 3 is 3.00 bits per heavy atom. The summed E-state index contributed by atoms with van der Waals surface area (Å²) in [4.78, 5) is 0. The number of rotatable bonds is 1. The summed E-state index contributed by atoms with van der Waals surface area (Å²) in [5, 5.41) is 2.78. The molecular weight excluding hydrogens is 108 g/mol. The van der Waals surface area contributed by atoms with Gasteiger partial charge in [0.2, 0.25) is 0 Å². The molecular formula is C5H5OS. The van der Waals surface area contributed by atoms with Crippen molar-refractivity contribution in [1.29, 1.82) is 0 Å². The smallest absolute Gasteiger partial charge is 0.181 e. The van der Waals surface area contributed by atoms with Crippen LogP contribution in [0.1, 0.15) is 0 Å². The zero-order valence-corrected chi connectivity index (χ0v) is 4.79. The molecule has 0 aromatic carbocycles. The first-order valence-electron chi connectivity index (χ1n) is 1.92. The summed E-state index contributed by atoms with van der Waals surface area (Å²) in [6, 6.07) is 4.72.